The quantitative estimate of drug-likeness (QED) is 0.904. The Bertz CT molecular complexity index is 720. The van der Waals surface area contributed by atoms with Crippen LogP contribution in [0.5, 0.6) is 0 Å². The van der Waals surface area contributed by atoms with Gasteiger partial charge in [0.25, 0.3) is 11.5 Å². The average molecular weight is 298 g/mol. The summed E-state index contributed by atoms with van der Waals surface area (Å²) < 4.78 is 1.26. The number of para-hydroxylation sites is 1. The molecule has 1 unspecified atom stereocenters. The fourth-order valence-corrected chi connectivity index (χ4v) is 2.60. The van der Waals surface area contributed by atoms with Crippen LogP contribution in [0.4, 0.5) is 0 Å². The third-order valence-corrected chi connectivity index (χ3v) is 3.92. The molecule has 1 N–H and O–H groups in total. The first kappa shape index (κ1) is 14.5. The first-order valence-electron chi connectivity index (χ1n) is 7.30. The van der Waals surface area contributed by atoms with E-state index in [9.17, 15) is 9.59 Å². The Labute approximate surface area is 128 Å². The molecule has 2 aromatic rings. The second-order valence-electron chi connectivity index (χ2n) is 5.37. The summed E-state index contributed by atoms with van der Waals surface area (Å²) in [5, 5.41) is 7.46. The van der Waals surface area contributed by atoms with Crippen molar-refractivity contribution in [2.75, 3.05) is 20.1 Å². The smallest absolute Gasteiger partial charge is 0.274 e. The topological polar surface area (TPSA) is 67.2 Å². The van der Waals surface area contributed by atoms with Crippen LogP contribution in [-0.2, 0) is 0 Å². The molecular formula is C16H18N4O2. The zero-order valence-corrected chi connectivity index (χ0v) is 12.4. The molecule has 1 amide bonds. The third kappa shape index (κ3) is 2.78. The van der Waals surface area contributed by atoms with Crippen molar-refractivity contribution in [3.05, 3.63) is 58.5 Å². The van der Waals surface area contributed by atoms with E-state index in [1.54, 1.807) is 24.1 Å². The third-order valence-electron chi connectivity index (χ3n) is 3.92. The summed E-state index contributed by atoms with van der Waals surface area (Å²) in [7, 11) is 1.78. The van der Waals surface area contributed by atoms with Gasteiger partial charge < -0.3 is 10.2 Å². The highest BCUT2D eigenvalue weighted by Crippen LogP contribution is 2.10. The van der Waals surface area contributed by atoms with Crippen molar-refractivity contribution in [3.63, 3.8) is 0 Å². The van der Waals surface area contributed by atoms with Crippen LogP contribution in [0.1, 0.15) is 16.9 Å². The van der Waals surface area contributed by atoms with E-state index >= 15 is 0 Å². The molecule has 3 rings (SSSR count). The zero-order valence-electron chi connectivity index (χ0n) is 12.4. The van der Waals surface area contributed by atoms with Crippen molar-refractivity contribution in [2.24, 2.45) is 0 Å². The van der Waals surface area contributed by atoms with E-state index in [1.807, 2.05) is 18.2 Å². The molecule has 114 valence electrons. The molecule has 0 aliphatic carbocycles. The second-order valence-corrected chi connectivity index (χ2v) is 5.37. The summed E-state index contributed by atoms with van der Waals surface area (Å²) in [5.41, 5.74) is 0.665. The molecule has 6 heteroatoms. The molecule has 1 aromatic heterocycles. The van der Waals surface area contributed by atoms with Crippen molar-refractivity contribution >= 4 is 5.91 Å². The molecule has 0 spiro atoms. The van der Waals surface area contributed by atoms with Gasteiger partial charge in [-0.3, -0.25) is 9.59 Å². The molecule has 1 fully saturated rings. The maximum absolute atomic E-state index is 12.5. The number of carbonyl (C=O) groups is 1. The number of nitrogens with one attached hydrogen (secondary N) is 1. The standard InChI is InChI=1S/C16H18N4O2/c1-19(13-9-10-17-11-13)16(22)14-7-8-15(21)20(18-14)12-5-3-2-4-6-12/h2-8,13,17H,9-11H2,1H3. The molecule has 1 aromatic carbocycles. The number of nitrogens with zero attached hydrogens (tertiary/aromatic N) is 3. The van der Waals surface area contributed by atoms with Crippen LogP contribution >= 0.6 is 0 Å². The number of likely N-dealkylation sites (N-methyl/N-ethyl adjacent to an activating group) is 1. The maximum Gasteiger partial charge on any atom is 0.274 e. The predicted octanol–water partition coefficient (Wildman–Crippen LogP) is 0.666. The molecule has 1 saturated heterocycles. The van der Waals surface area contributed by atoms with Crippen LogP contribution in [0, 0.1) is 0 Å². The van der Waals surface area contributed by atoms with Gasteiger partial charge in [0.2, 0.25) is 0 Å². The van der Waals surface area contributed by atoms with Gasteiger partial charge in [-0.1, -0.05) is 18.2 Å². The van der Waals surface area contributed by atoms with Crippen LogP contribution in [0.25, 0.3) is 5.69 Å². The summed E-state index contributed by atoms with van der Waals surface area (Å²) in [4.78, 5) is 26.2. The molecule has 2 heterocycles. The van der Waals surface area contributed by atoms with Crippen LogP contribution in [-0.4, -0.2) is 46.8 Å². The minimum atomic E-state index is -0.257. The van der Waals surface area contributed by atoms with Gasteiger partial charge in [0.1, 0.15) is 5.69 Å². The minimum absolute atomic E-state index is 0.168. The van der Waals surface area contributed by atoms with Gasteiger partial charge >= 0.3 is 0 Å². The lowest BCUT2D eigenvalue weighted by Gasteiger charge is -2.23. The van der Waals surface area contributed by atoms with E-state index in [2.05, 4.69) is 10.4 Å². The van der Waals surface area contributed by atoms with Crippen LogP contribution < -0.4 is 10.9 Å². The van der Waals surface area contributed by atoms with E-state index in [0.29, 0.717) is 5.69 Å². The zero-order chi connectivity index (χ0) is 15.5. The Morgan fingerprint density at radius 3 is 2.73 bits per heavy atom. The Balaban J connectivity index is 1.92. The molecule has 22 heavy (non-hydrogen) atoms. The largest absolute Gasteiger partial charge is 0.336 e. The van der Waals surface area contributed by atoms with Crippen molar-refractivity contribution in [1.29, 1.82) is 0 Å². The fourth-order valence-electron chi connectivity index (χ4n) is 2.60. The maximum atomic E-state index is 12.5. The number of hydrogen-bond donors (Lipinski definition) is 1. The summed E-state index contributed by atoms with van der Waals surface area (Å²) in [6.07, 6.45) is 0.931. The number of carbonyl (C=O) groups excluding carboxylic acids is 1. The van der Waals surface area contributed by atoms with E-state index in [4.69, 9.17) is 0 Å². The van der Waals surface area contributed by atoms with Crippen molar-refractivity contribution < 1.29 is 4.79 Å². The van der Waals surface area contributed by atoms with E-state index in [1.165, 1.54) is 16.8 Å². The lowest BCUT2D eigenvalue weighted by atomic mass is 10.2. The molecule has 0 saturated carbocycles. The van der Waals surface area contributed by atoms with Crippen molar-refractivity contribution in [1.82, 2.24) is 20.0 Å². The number of benzene rings is 1. The van der Waals surface area contributed by atoms with Gasteiger partial charge in [-0.05, 0) is 31.2 Å². The van der Waals surface area contributed by atoms with Crippen LogP contribution in [0.15, 0.2) is 47.3 Å². The minimum Gasteiger partial charge on any atom is -0.336 e. The average Bonchev–Trinajstić information content (AvgIpc) is 3.09. The van der Waals surface area contributed by atoms with Gasteiger partial charge in [0.05, 0.1) is 5.69 Å². The molecule has 0 radical (unpaired) electrons. The first-order chi connectivity index (χ1) is 10.7. The summed E-state index contributed by atoms with van der Waals surface area (Å²) in [5.74, 6) is -0.168. The number of amides is 1. The molecule has 1 aliphatic heterocycles. The highest BCUT2D eigenvalue weighted by molar-refractivity contribution is 5.92. The SMILES string of the molecule is CN(C(=O)c1ccc(=O)n(-c2ccccc2)n1)C1CCNC1. The Kier molecular flexibility index (Phi) is 4.02. The van der Waals surface area contributed by atoms with Crippen LogP contribution in [0.2, 0.25) is 0 Å². The summed E-state index contributed by atoms with van der Waals surface area (Å²) >= 11 is 0. The second kappa shape index (κ2) is 6.11. The Hall–Kier alpha value is -2.47. The molecule has 1 atom stereocenters. The highest BCUT2D eigenvalue weighted by Gasteiger charge is 2.25. The highest BCUT2D eigenvalue weighted by atomic mass is 16.2. The van der Waals surface area contributed by atoms with E-state index in [-0.39, 0.29) is 23.2 Å². The summed E-state index contributed by atoms with van der Waals surface area (Å²) in [6.45, 7) is 1.71. The number of rotatable bonds is 3. The van der Waals surface area contributed by atoms with Gasteiger partial charge in [0.15, 0.2) is 0 Å². The van der Waals surface area contributed by atoms with Gasteiger partial charge in [-0.2, -0.15) is 9.78 Å². The Morgan fingerprint density at radius 1 is 1.27 bits per heavy atom. The van der Waals surface area contributed by atoms with Crippen LogP contribution in [0.3, 0.4) is 0 Å². The molecular weight excluding hydrogens is 280 g/mol. The number of hydrogen-bond acceptors (Lipinski definition) is 4. The lowest BCUT2D eigenvalue weighted by Crippen LogP contribution is -2.39. The van der Waals surface area contributed by atoms with Crippen molar-refractivity contribution in [2.45, 2.75) is 12.5 Å². The van der Waals surface area contributed by atoms with E-state index < -0.39 is 0 Å². The summed E-state index contributed by atoms with van der Waals surface area (Å²) in [6, 6.07) is 12.1. The normalized spacial score (nSPS) is 17.4. The van der Waals surface area contributed by atoms with Gasteiger partial charge in [0, 0.05) is 25.7 Å². The monoisotopic (exact) mass is 298 g/mol. The fraction of sp³-hybridized carbons (Fsp3) is 0.312. The molecule has 6 nitrogen and oxygen atoms in total. The van der Waals surface area contributed by atoms with E-state index in [0.717, 1.165) is 19.5 Å². The first-order valence-corrected chi connectivity index (χ1v) is 7.30. The number of aromatic nitrogens is 2. The molecule has 0 bridgehead atoms. The van der Waals surface area contributed by atoms with Gasteiger partial charge in [-0.25, -0.2) is 0 Å². The molecule has 1 aliphatic rings. The Morgan fingerprint density at radius 2 is 2.05 bits per heavy atom. The van der Waals surface area contributed by atoms with Crippen molar-refractivity contribution in [3.8, 4) is 5.69 Å². The lowest BCUT2D eigenvalue weighted by molar-refractivity contribution is 0.0735. The predicted molar refractivity (Wildman–Crippen MR) is 83.2 cm³/mol. The van der Waals surface area contributed by atoms with Gasteiger partial charge in [-0.15, -0.1) is 0 Å².